The Labute approximate surface area is 164 Å². The van der Waals surface area contributed by atoms with Gasteiger partial charge in [0.05, 0.1) is 17.5 Å². The number of nitrogens with zero attached hydrogens (tertiary/aromatic N) is 2. The molecule has 1 saturated heterocycles. The highest BCUT2D eigenvalue weighted by molar-refractivity contribution is 6.05. The van der Waals surface area contributed by atoms with Crippen molar-refractivity contribution in [1.29, 1.82) is 0 Å². The molecule has 2 aromatic heterocycles. The van der Waals surface area contributed by atoms with Gasteiger partial charge in [0.2, 0.25) is 5.91 Å². The SMILES string of the molecule is O=C(Cc1cccnc1)NC[C@H]1CCCN(C(=O)c2cccc3cc[nH]c23)C1. The third-order valence-corrected chi connectivity index (χ3v) is 5.30. The van der Waals surface area contributed by atoms with Gasteiger partial charge in [-0.2, -0.15) is 0 Å². The van der Waals surface area contributed by atoms with E-state index < -0.39 is 0 Å². The van der Waals surface area contributed by atoms with Crippen LogP contribution in [0.15, 0.2) is 55.0 Å². The summed E-state index contributed by atoms with van der Waals surface area (Å²) in [4.78, 5) is 34.4. The summed E-state index contributed by atoms with van der Waals surface area (Å²) < 4.78 is 0. The Morgan fingerprint density at radius 1 is 1.21 bits per heavy atom. The molecule has 0 unspecified atom stereocenters. The zero-order valence-corrected chi connectivity index (χ0v) is 15.7. The molecule has 2 amide bonds. The smallest absolute Gasteiger partial charge is 0.255 e. The highest BCUT2D eigenvalue weighted by atomic mass is 16.2. The Hall–Kier alpha value is -3.15. The minimum absolute atomic E-state index is 0.00685. The number of fused-ring (bicyclic) bond motifs is 1. The number of amides is 2. The summed E-state index contributed by atoms with van der Waals surface area (Å²) in [5.41, 5.74) is 2.50. The Morgan fingerprint density at radius 2 is 2.14 bits per heavy atom. The van der Waals surface area contributed by atoms with Crippen LogP contribution >= 0.6 is 0 Å². The van der Waals surface area contributed by atoms with E-state index >= 15 is 0 Å². The molecule has 6 heteroatoms. The number of pyridine rings is 1. The van der Waals surface area contributed by atoms with Gasteiger partial charge in [0.15, 0.2) is 0 Å². The fraction of sp³-hybridized carbons (Fsp3) is 0.318. The maximum absolute atomic E-state index is 13.0. The lowest BCUT2D eigenvalue weighted by molar-refractivity contribution is -0.120. The number of aromatic amines is 1. The number of hydrogen-bond donors (Lipinski definition) is 2. The van der Waals surface area contributed by atoms with Crippen molar-refractivity contribution in [3.8, 4) is 0 Å². The molecule has 2 N–H and O–H groups in total. The van der Waals surface area contributed by atoms with Gasteiger partial charge in [-0.05, 0) is 42.5 Å². The number of likely N-dealkylation sites (tertiary alicyclic amines) is 1. The van der Waals surface area contributed by atoms with E-state index in [2.05, 4.69) is 15.3 Å². The van der Waals surface area contributed by atoms with Crippen molar-refractivity contribution in [1.82, 2.24) is 20.2 Å². The van der Waals surface area contributed by atoms with Gasteiger partial charge in [-0.1, -0.05) is 18.2 Å². The minimum Gasteiger partial charge on any atom is -0.361 e. The minimum atomic E-state index is -0.00685. The molecule has 0 radical (unpaired) electrons. The Balaban J connectivity index is 1.34. The zero-order valence-electron chi connectivity index (χ0n) is 15.7. The van der Waals surface area contributed by atoms with E-state index in [4.69, 9.17) is 0 Å². The van der Waals surface area contributed by atoms with Gasteiger partial charge in [0, 0.05) is 43.6 Å². The van der Waals surface area contributed by atoms with Crippen LogP contribution < -0.4 is 5.32 Å². The predicted molar refractivity (Wildman–Crippen MR) is 108 cm³/mol. The van der Waals surface area contributed by atoms with Gasteiger partial charge in [-0.15, -0.1) is 0 Å². The Morgan fingerprint density at radius 3 is 3.00 bits per heavy atom. The van der Waals surface area contributed by atoms with Crippen LogP contribution in [0.1, 0.15) is 28.8 Å². The summed E-state index contributed by atoms with van der Waals surface area (Å²) in [6.07, 6.45) is 7.57. The van der Waals surface area contributed by atoms with Crippen LogP contribution in [0, 0.1) is 5.92 Å². The number of benzene rings is 1. The van der Waals surface area contributed by atoms with Crippen molar-refractivity contribution in [2.75, 3.05) is 19.6 Å². The van der Waals surface area contributed by atoms with E-state index in [1.165, 1.54) is 0 Å². The molecule has 1 aromatic carbocycles. The second-order valence-corrected chi connectivity index (χ2v) is 7.35. The first-order valence-corrected chi connectivity index (χ1v) is 9.71. The summed E-state index contributed by atoms with van der Waals surface area (Å²) in [6.45, 7) is 2.02. The number of rotatable bonds is 5. The largest absolute Gasteiger partial charge is 0.361 e. The molecule has 0 aliphatic carbocycles. The number of carbonyl (C=O) groups is 2. The monoisotopic (exact) mass is 376 g/mol. The Kier molecular flexibility index (Phi) is 5.37. The highest BCUT2D eigenvalue weighted by Gasteiger charge is 2.26. The van der Waals surface area contributed by atoms with E-state index in [0.717, 1.165) is 35.9 Å². The number of piperidine rings is 1. The third kappa shape index (κ3) is 4.06. The van der Waals surface area contributed by atoms with Crippen LogP contribution in [0.25, 0.3) is 10.9 Å². The number of para-hydroxylation sites is 1. The number of aromatic nitrogens is 2. The van der Waals surface area contributed by atoms with Crippen LogP contribution in [0.3, 0.4) is 0 Å². The van der Waals surface area contributed by atoms with Crippen molar-refractivity contribution in [3.63, 3.8) is 0 Å². The van der Waals surface area contributed by atoms with Crippen LogP contribution in [-0.4, -0.2) is 46.3 Å². The topological polar surface area (TPSA) is 78.1 Å². The van der Waals surface area contributed by atoms with Crippen LogP contribution in [0.2, 0.25) is 0 Å². The molecular weight excluding hydrogens is 352 g/mol. The number of hydrogen-bond acceptors (Lipinski definition) is 3. The van der Waals surface area contributed by atoms with Gasteiger partial charge in [0.1, 0.15) is 0 Å². The van der Waals surface area contributed by atoms with E-state index in [0.29, 0.717) is 25.1 Å². The van der Waals surface area contributed by atoms with Gasteiger partial charge < -0.3 is 15.2 Å². The second-order valence-electron chi connectivity index (χ2n) is 7.35. The molecule has 1 aliphatic rings. The maximum atomic E-state index is 13.0. The summed E-state index contributed by atoms with van der Waals surface area (Å²) in [6, 6.07) is 11.5. The molecular formula is C22H24N4O2. The molecule has 1 fully saturated rings. The van der Waals surface area contributed by atoms with E-state index in [1.54, 1.807) is 12.4 Å². The lowest BCUT2D eigenvalue weighted by Crippen LogP contribution is -2.44. The molecule has 4 rings (SSSR count). The van der Waals surface area contributed by atoms with Crippen LogP contribution in [0.4, 0.5) is 0 Å². The standard InChI is InChI=1S/C22H24N4O2/c27-20(12-16-4-2-9-23-13-16)25-14-17-5-3-11-26(15-17)22(28)19-7-1-6-18-8-10-24-21(18)19/h1-2,4,6-10,13,17,24H,3,5,11-12,14-15H2,(H,25,27)/t17-/m1/s1. The van der Waals surface area contributed by atoms with Gasteiger partial charge >= 0.3 is 0 Å². The molecule has 0 bridgehead atoms. The molecule has 3 heterocycles. The van der Waals surface area contributed by atoms with Gasteiger partial charge in [0.25, 0.3) is 5.91 Å². The lowest BCUT2D eigenvalue weighted by atomic mass is 9.97. The first-order valence-electron chi connectivity index (χ1n) is 9.71. The number of carbonyl (C=O) groups excluding carboxylic acids is 2. The van der Waals surface area contributed by atoms with Gasteiger partial charge in [-0.25, -0.2) is 0 Å². The first kappa shape index (κ1) is 18.2. The summed E-state index contributed by atoms with van der Waals surface area (Å²) in [5.74, 6) is 0.324. The normalized spacial score (nSPS) is 16.9. The molecule has 1 atom stereocenters. The molecule has 0 saturated carbocycles. The van der Waals surface area contributed by atoms with Crippen LogP contribution in [0.5, 0.6) is 0 Å². The lowest BCUT2D eigenvalue weighted by Gasteiger charge is -2.33. The predicted octanol–water partition coefficient (Wildman–Crippen LogP) is 2.77. The van der Waals surface area contributed by atoms with E-state index in [1.807, 2.05) is 47.5 Å². The fourth-order valence-electron chi connectivity index (χ4n) is 3.86. The Bertz CT molecular complexity index is 967. The number of nitrogens with one attached hydrogen (secondary N) is 2. The third-order valence-electron chi connectivity index (χ3n) is 5.30. The van der Waals surface area contributed by atoms with Crippen molar-refractivity contribution < 1.29 is 9.59 Å². The quantitative estimate of drug-likeness (QED) is 0.719. The molecule has 6 nitrogen and oxygen atoms in total. The molecule has 3 aromatic rings. The average Bonchev–Trinajstić information content (AvgIpc) is 3.22. The van der Waals surface area contributed by atoms with Crippen molar-refractivity contribution in [2.24, 2.45) is 5.92 Å². The van der Waals surface area contributed by atoms with E-state index in [9.17, 15) is 9.59 Å². The summed E-state index contributed by atoms with van der Waals surface area (Å²) in [5, 5.41) is 4.06. The second kappa shape index (κ2) is 8.25. The fourth-order valence-corrected chi connectivity index (χ4v) is 3.86. The van der Waals surface area contributed by atoms with Crippen LogP contribution in [-0.2, 0) is 11.2 Å². The molecule has 0 spiro atoms. The zero-order chi connectivity index (χ0) is 19.3. The van der Waals surface area contributed by atoms with Crippen molar-refractivity contribution in [3.05, 3.63) is 66.1 Å². The van der Waals surface area contributed by atoms with E-state index in [-0.39, 0.29) is 17.7 Å². The number of H-pyrrole nitrogens is 1. The van der Waals surface area contributed by atoms with Gasteiger partial charge in [-0.3, -0.25) is 14.6 Å². The maximum Gasteiger partial charge on any atom is 0.255 e. The average molecular weight is 376 g/mol. The highest BCUT2D eigenvalue weighted by Crippen LogP contribution is 2.22. The summed E-state index contributed by atoms with van der Waals surface area (Å²) >= 11 is 0. The molecule has 1 aliphatic heterocycles. The van der Waals surface area contributed by atoms with Crippen molar-refractivity contribution in [2.45, 2.75) is 19.3 Å². The first-order chi connectivity index (χ1) is 13.7. The molecule has 28 heavy (non-hydrogen) atoms. The molecule has 144 valence electrons. The summed E-state index contributed by atoms with van der Waals surface area (Å²) in [7, 11) is 0. The van der Waals surface area contributed by atoms with Crippen molar-refractivity contribution >= 4 is 22.7 Å².